The Bertz CT molecular complexity index is 452. The van der Waals surface area contributed by atoms with Crippen LogP contribution in [0.2, 0.25) is 0 Å². The Balaban J connectivity index is 2.29. The number of hydrogen-bond donors (Lipinski definition) is 1. The van der Waals surface area contributed by atoms with Crippen LogP contribution in [0.15, 0.2) is 18.3 Å². The molecule has 0 saturated carbocycles. The second kappa shape index (κ2) is 4.19. The fraction of sp³-hybridized carbons (Fsp3) is 0.364. The fourth-order valence-electron chi connectivity index (χ4n) is 1.74. The summed E-state index contributed by atoms with van der Waals surface area (Å²) in [5.74, 6) is 0.678. The van der Waals surface area contributed by atoms with Crippen molar-refractivity contribution in [3.63, 3.8) is 0 Å². The number of carbonyl (C=O) groups is 1. The summed E-state index contributed by atoms with van der Waals surface area (Å²) in [6.07, 6.45) is 1.59. The van der Waals surface area contributed by atoms with E-state index >= 15 is 0 Å². The van der Waals surface area contributed by atoms with Crippen LogP contribution in [0.3, 0.4) is 0 Å². The minimum atomic E-state index is -0.241. The number of pyridine rings is 1. The molecule has 2 rings (SSSR count). The number of hydrogen-bond acceptors (Lipinski definition) is 4. The van der Waals surface area contributed by atoms with Gasteiger partial charge >= 0.3 is 0 Å². The van der Waals surface area contributed by atoms with E-state index in [1.165, 1.54) is 0 Å². The molecule has 1 N–H and O–H groups in total. The molecule has 1 aromatic heterocycles. The zero-order chi connectivity index (χ0) is 11.5. The molecule has 1 saturated heterocycles. The predicted octanol–water partition coefficient (Wildman–Crippen LogP) is 0.278. The minimum absolute atomic E-state index is 0.00425. The molecule has 1 unspecified atom stereocenters. The molecule has 1 fully saturated rings. The van der Waals surface area contributed by atoms with E-state index in [9.17, 15) is 4.79 Å². The molecule has 1 atom stereocenters. The molecule has 82 valence electrons. The first-order valence-electron chi connectivity index (χ1n) is 5.13. The highest BCUT2D eigenvalue weighted by molar-refractivity contribution is 5.85. The maximum absolute atomic E-state index is 11.5. The SMILES string of the molecule is CC1C(=O)NCCN1c1cc(C#N)ccn1. The maximum atomic E-state index is 11.5. The molecular weight excluding hydrogens is 204 g/mol. The fourth-order valence-corrected chi connectivity index (χ4v) is 1.74. The van der Waals surface area contributed by atoms with E-state index in [-0.39, 0.29) is 11.9 Å². The van der Waals surface area contributed by atoms with Gasteiger partial charge in [-0.15, -0.1) is 0 Å². The summed E-state index contributed by atoms with van der Waals surface area (Å²) in [6, 6.07) is 5.18. The molecule has 1 aliphatic rings. The first-order valence-corrected chi connectivity index (χ1v) is 5.13. The van der Waals surface area contributed by atoms with Gasteiger partial charge in [-0.1, -0.05) is 0 Å². The molecule has 1 aromatic rings. The Labute approximate surface area is 93.7 Å². The first-order chi connectivity index (χ1) is 7.72. The quantitative estimate of drug-likeness (QED) is 0.732. The smallest absolute Gasteiger partial charge is 0.242 e. The molecule has 0 bridgehead atoms. The van der Waals surface area contributed by atoms with Crippen molar-refractivity contribution in [2.24, 2.45) is 0 Å². The van der Waals surface area contributed by atoms with Gasteiger partial charge in [0.05, 0.1) is 11.6 Å². The molecule has 16 heavy (non-hydrogen) atoms. The molecule has 5 heteroatoms. The van der Waals surface area contributed by atoms with Crippen LogP contribution < -0.4 is 10.2 Å². The molecular formula is C11H12N4O. The molecule has 2 heterocycles. The summed E-state index contributed by atoms with van der Waals surface area (Å²) in [5, 5.41) is 11.6. The number of piperazine rings is 1. The maximum Gasteiger partial charge on any atom is 0.242 e. The number of nitrogens with zero attached hydrogens (tertiary/aromatic N) is 3. The van der Waals surface area contributed by atoms with E-state index in [1.807, 2.05) is 11.8 Å². The largest absolute Gasteiger partial charge is 0.353 e. The lowest BCUT2D eigenvalue weighted by atomic mass is 10.2. The highest BCUT2D eigenvalue weighted by Crippen LogP contribution is 2.16. The van der Waals surface area contributed by atoms with E-state index in [2.05, 4.69) is 16.4 Å². The topological polar surface area (TPSA) is 69.0 Å². The van der Waals surface area contributed by atoms with E-state index < -0.39 is 0 Å². The van der Waals surface area contributed by atoms with Crippen molar-refractivity contribution >= 4 is 11.7 Å². The van der Waals surface area contributed by atoms with Gasteiger partial charge < -0.3 is 10.2 Å². The van der Waals surface area contributed by atoms with Gasteiger partial charge in [0.1, 0.15) is 11.9 Å². The summed E-state index contributed by atoms with van der Waals surface area (Å²) >= 11 is 0. The zero-order valence-corrected chi connectivity index (χ0v) is 8.97. The van der Waals surface area contributed by atoms with Gasteiger partial charge in [-0.25, -0.2) is 4.98 Å². The number of carbonyl (C=O) groups excluding carboxylic acids is 1. The Morgan fingerprint density at radius 1 is 1.69 bits per heavy atom. The lowest BCUT2D eigenvalue weighted by Gasteiger charge is -2.33. The summed E-state index contributed by atoms with van der Waals surface area (Å²) in [7, 11) is 0. The average molecular weight is 216 g/mol. The number of anilines is 1. The lowest BCUT2D eigenvalue weighted by Crippen LogP contribution is -2.54. The van der Waals surface area contributed by atoms with Gasteiger partial charge in [-0.05, 0) is 19.1 Å². The van der Waals surface area contributed by atoms with Crippen LogP contribution in [-0.2, 0) is 4.79 Å². The second-order valence-corrected chi connectivity index (χ2v) is 3.67. The third-order valence-electron chi connectivity index (χ3n) is 2.67. The monoisotopic (exact) mass is 216 g/mol. The van der Waals surface area contributed by atoms with Crippen molar-refractivity contribution in [3.8, 4) is 6.07 Å². The van der Waals surface area contributed by atoms with Crippen LogP contribution in [0.25, 0.3) is 0 Å². The average Bonchev–Trinajstić information content (AvgIpc) is 2.33. The van der Waals surface area contributed by atoms with Crippen molar-refractivity contribution in [1.29, 1.82) is 5.26 Å². The van der Waals surface area contributed by atoms with Crippen molar-refractivity contribution < 1.29 is 4.79 Å². The number of nitrogens with one attached hydrogen (secondary N) is 1. The van der Waals surface area contributed by atoms with Crippen LogP contribution in [-0.4, -0.2) is 30.0 Å². The highest BCUT2D eigenvalue weighted by Gasteiger charge is 2.26. The van der Waals surface area contributed by atoms with Gasteiger partial charge in [0.15, 0.2) is 0 Å². The Morgan fingerprint density at radius 3 is 3.25 bits per heavy atom. The van der Waals surface area contributed by atoms with Crippen molar-refractivity contribution in [3.05, 3.63) is 23.9 Å². The van der Waals surface area contributed by atoms with Crippen molar-refractivity contribution in [2.75, 3.05) is 18.0 Å². The Hall–Kier alpha value is -2.09. The number of aromatic nitrogens is 1. The van der Waals surface area contributed by atoms with Crippen LogP contribution in [0.5, 0.6) is 0 Å². The number of rotatable bonds is 1. The van der Waals surface area contributed by atoms with Crippen LogP contribution >= 0.6 is 0 Å². The standard InChI is InChI=1S/C11H12N4O/c1-8-11(16)14-4-5-15(8)10-6-9(7-12)2-3-13-10/h2-3,6,8H,4-5H2,1H3,(H,14,16). The summed E-state index contributed by atoms with van der Waals surface area (Å²) in [5.41, 5.74) is 0.559. The summed E-state index contributed by atoms with van der Waals surface area (Å²) < 4.78 is 0. The third-order valence-corrected chi connectivity index (χ3v) is 2.67. The zero-order valence-electron chi connectivity index (χ0n) is 8.97. The van der Waals surface area contributed by atoms with E-state index in [0.717, 1.165) is 6.54 Å². The van der Waals surface area contributed by atoms with Crippen LogP contribution in [0.4, 0.5) is 5.82 Å². The normalized spacial score (nSPS) is 20.1. The van der Waals surface area contributed by atoms with Crippen LogP contribution in [0.1, 0.15) is 12.5 Å². The van der Waals surface area contributed by atoms with Crippen molar-refractivity contribution in [2.45, 2.75) is 13.0 Å². The molecule has 0 aromatic carbocycles. The number of nitriles is 1. The molecule has 1 aliphatic heterocycles. The second-order valence-electron chi connectivity index (χ2n) is 3.67. The molecule has 0 spiro atoms. The van der Waals surface area contributed by atoms with E-state index in [1.54, 1.807) is 18.3 Å². The van der Waals surface area contributed by atoms with Crippen LogP contribution in [0, 0.1) is 11.3 Å². The molecule has 1 amide bonds. The lowest BCUT2D eigenvalue weighted by molar-refractivity contribution is -0.122. The molecule has 0 radical (unpaired) electrons. The van der Waals surface area contributed by atoms with Gasteiger partial charge in [-0.2, -0.15) is 5.26 Å². The summed E-state index contributed by atoms with van der Waals surface area (Å²) in [4.78, 5) is 17.6. The molecule has 5 nitrogen and oxygen atoms in total. The molecule has 0 aliphatic carbocycles. The van der Waals surface area contributed by atoms with Gasteiger partial charge in [0, 0.05) is 19.3 Å². The Kier molecular flexibility index (Phi) is 2.73. The van der Waals surface area contributed by atoms with Gasteiger partial charge in [0.2, 0.25) is 5.91 Å². The summed E-state index contributed by atoms with van der Waals surface area (Å²) in [6.45, 7) is 3.16. The van der Waals surface area contributed by atoms with Gasteiger partial charge in [0.25, 0.3) is 0 Å². The highest BCUT2D eigenvalue weighted by atomic mass is 16.2. The first kappa shape index (κ1) is 10.4. The van der Waals surface area contributed by atoms with Crippen molar-refractivity contribution in [1.82, 2.24) is 10.3 Å². The van der Waals surface area contributed by atoms with Gasteiger partial charge in [-0.3, -0.25) is 4.79 Å². The third kappa shape index (κ3) is 1.82. The predicted molar refractivity (Wildman–Crippen MR) is 58.8 cm³/mol. The number of amides is 1. The van der Waals surface area contributed by atoms with E-state index in [0.29, 0.717) is 17.9 Å². The van der Waals surface area contributed by atoms with E-state index in [4.69, 9.17) is 5.26 Å². The Morgan fingerprint density at radius 2 is 2.50 bits per heavy atom. The minimum Gasteiger partial charge on any atom is -0.353 e.